The van der Waals surface area contributed by atoms with Crippen LogP contribution in [-0.2, 0) is 9.47 Å². The molecule has 0 aromatic carbocycles. The summed E-state index contributed by atoms with van der Waals surface area (Å²) in [7, 11) is 0. The quantitative estimate of drug-likeness (QED) is 0.487. The molecule has 72 valence electrons. The first-order chi connectivity index (χ1) is 5.57. The third-order valence-electron chi connectivity index (χ3n) is 1.22. The molecule has 2 atom stereocenters. The zero-order valence-corrected chi connectivity index (χ0v) is 8.04. The Labute approximate surface area is 74.0 Å². The molecule has 0 aromatic heterocycles. The molecular formula is C9H18O3. The van der Waals surface area contributed by atoms with Crippen molar-refractivity contribution in [2.24, 2.45) is 0 Å². The van der Waals surface area contributed by atoms with E-state index in [1.54, 1.807) is 6.92 Å². The molecule has 0 bridgehead atoms. The maximum Gasteiger partial charge on any atom is 0.183 e. The van der Waals surface area contributed by atoms with E-state index in [-0.39, 0.29) is 0 Å². The molecule has 3 nitrogen and oxygen atoms in total. The molecule has 0 radical (unpaired) electrons. The van der Waals surface area contributed by atoms with E-state index in [2.05, 4.69) is 6.58 Å². The van der Waals surface area contributed by atoms with Gasteiger partial charge in [-0.25, -0.2) is 0 Å². The number of aliphatic hydroxyl groups is 1. The van der Waals surface area contributed by atoms with Crippen LogP contribution in [0.2, 0.25) is 0 Å². The Balaban J connectivity index is 3.70. The van der Waals surface area contributed by atoms with Gasteiger partial charge in [0, 0.05) is 6.61 Å². The highest BCUT2D eigenvalue weighted by atomic mass is 16.7. The van der Waals surface area contributed by atoms with E-state index in [0.717, 1.165) is 5.57 Å². The highest BCUT2D eigenvalue weighted by molar-refractivity contribution is 4.87. The van der Waals surface area contributed by atoms with Gasteiger partial charge in [0.05, 0.1) is 6.61 Å². The normalized spacial score (nSPS) is 15.7. The van der Waals surface area contributed by atoms with Gasteiger partial charge < -0.3 is 14.6 Å². The Morgan fingerprint density at radius 1 is 1.50 bits per heavy atom. The molecule has 2 unspecified atom stereocenters. The maximum absolute atomic E-state index is 9.18. The zero-order chi connectivity index (χ0) is 9.56. The van der Waals surface area contributed by atoms with E-state index >= 15 is 0 Å². The fraction of sp³-hybridized carbons (Fsp3) is 0.778. The molecule has 0 heterocycles. The van der Waals surface area contributed by atoms with Crippen LogP contribution in [0.15, 0.2) is 12.2 Å². The minimum Gasteiger partial charge on any atom is -0.388 e. The van der Waals surface area contributed by atoms with E-state index < -0.39 is 12.4 Å². The molecule has 1 N–H and O–H groups in total. The van der Waals surface area contributed by atoms with Gasteiger partial charge in [-0.1, -0.05) is 12.2 Å². The van der Waals surface area contributed by atoms with Crippen LogP contribution in [0.3, 0.4) is 0 Å². The van der Waals surface area contributed by atoms with Crippen LogP contribution in [0.1, 0.15) is 20.8 Å². The summed E-state index contributed by atoms with van der Waals surface area (Å²) in [5.41, 5.74) is 0.917. The average molecular weight is 174 g/mol. The van der Waals surface area contributed by atoms with Crippen molar-refractivity contribution in [2.45, 2.75) is 33.2 Å². The molecule has 0 rings (SSSR count). The van der Waals surface area contributed by atoms with Crippen molar-refractivity contribution in [1.29, 1.82) is 0 Å². The summed E-state index contributed by atoms with van der Waals surface area (Å²) in [6.45, 7) is 10.0. The molecule has 0 saturated carbocycles. The predicted molar refractivity (Wildman–Crippen MR) is 47.9 cm³/mol. The Bertz CT molecular complexity index is 132. The number of ether oxygens (including phenoxy) is 2. The van der Waals surface area contributed by atoms with Gasteiger partial charge in [0.1, 0.15) is 6.10 Å². The lowest BCUT2D eigenvalue weighted by Crippen LogP contribution is -2.29. The lowest BCUT2D eigenvalue weighted by atomic mass is 10.3. The molecular weight excluding hydrogens is 156 g/mol. The zero-order valence-electron chi connectivity index (χ0n) is 8.04. The Kier molecular flexibility index (Phi) is 5.98. The molecule has 0 aromatic rings. The van der Waals surface area contributed by atoms with Crippen molar-refractivity contribution in [3.63, 3.8) is 0 Å². The second-order valence-electron chi connectivity index (χ2n) is 2.83. The van der Waals surface area contributed by atoms with Crippen molar-refractivity contribution < 1.29 is 14.6 Å². The van der Waals surface area contributed by atoms with Crippen LogP contribution in [0.4, 0.5) is 0 Å². The second-order valence-corrected chi connectivity index (χ2v) is 2.83. The van der Waals surface area contributed by atoms with E-state index in [1.165, 1.54) is 0 Å². The van der Waals surface area contributed by atoms with Crippen LogP contribution in [0, 0.1) is 0 Å². The molecule has 0 saturated heterocycles. The molecule has 0 fully saturated rings. The van der Waals surface area contributed by atoms with Gasteiger partial charge in [-0.05, 0) is 20.8 Å². The predicted octanol–water partition coefficient (Wildman–Crippen LogP) is 1.32. The van der Waals surface area contributed by atoms with E-state index in [0.29, 0.717) is 13.2 Å². The van der Waals surface area contributed by atoms with Gasteiger partial charge in [0.15, 0.2) is 6.29 Å². The average Bonchev–Trinajstić information content (AvgIpc) is 1.96. The molecule has 0 aliphatic heterocycles. The Morgan fingerprint density at radius 2 is 2.08 bits per heavy atom. The monoisotopic (exact) mass is 174 g/mol. The maximum atomic E-state index is 9.18. The second kappa shape index (κ2) is 6.17. The summed E-state index contributed by atoms with van der Waals surface area (Å²) in [6.07, 6.45) is -1.14. The first-order valence-corrected chi connectivity index (χ1v) is 4.13. The topological polar surface area (TPSA) is 38.7 Å². The Hall–Kier alpha value is -0.380. The molecule has 0 aliphatic carbocycles. The van der Waals surface area contributed by atoms with Crippen molar-refractivity contribution in [1.82, 2.24) is 0 Å². The number of hydrogen-bond acceptors (Lipinski definition) is 3. The third-order valence-corrected chi connectivity index (χ3v) is 1.22. The fourth-order valence-corrected chi connectivity index (χ4v) is 0.715. The molecule has 3 heteroatoms. The summed E-state index contributed by atoms with van der Waals surface area (Å²) < 4.78 is 10.4. The van der Waals surface area contributed by atoms with Crippen LogP contribution >= 0.6 is 0 Å². The van der Waals surface area contributed by atoms with Gasteiger partial charge in [-0.3, -0.25) is 0 Å². The van der Waals surface area contributed by atoms with Gasteiger partial charge in [-0.15, -0.1) is 0 Å². The van der Waals surface area contributed by atoms with E-state index in [9.17, 15) is 5.11 Å². The first kappa shape index (κ1) is 11.6. The van der Waals surface area contributed by atoms with Crippen LogP contribution in [-0.4, -0.2) is 30.7 Å². The van der Waals surface area contributed by atoms with Gasteiger partial charge in [0.2, 0.25) is 0 Å². The smallest absolute Gasteiger partial charge is 0.183 e. The summed E-state index contributed by atoms with van der Waals surface area (Å²) in [5.74, 6) is 0. The summed E-state index contributed by atoms with van der Waals surface area (Å²) in [5, 5.41) is 9.18. The fourth-order valence-electron chi connectivity index (χ4n) is 0.715. The first-order valence-electron chi connectivity index (χ1n) is 4.13. The van der Waals surface area contributed by atoms with Crippen LogP contribution < -0.4 is 0 Å². The highest BCUT2D eigenvalue weighted by Crippen LogP contribution is 2.03. The molecule has 0 spiro atoms. The Morgan fingerprint density at radius 3 is 2.42 bits per heavy atom. The SMILES string of the molecule is C=C(C)COC(OCC)C(C)O. The highest BCUT2D eigenvalue weighted by Gasteiger charge is 2.14. The standard InChI is InChI=1S/C9H18O3/c1-5-11-9(8(4)10)12-6-7(2)3/h8-10H,2,5-6H2,1,3-4H3. The summed E-state index contributed by atoms with van der Waals surface area (Å²) in [4.78, 5) is 0. The summed E-state index contributed by atoms with van der Waals surface area (Å²) >= 11 is 0. The number of hydrogen-bond donors (Lipinski definition) is 1. The van der Waals surface area contributed by atoms with Gasteiger partial charge >= 0.3 is 0 Å². The lowest BCUT2D eigenvalue weighted by Gasteiger charge is -2.20. The molecule has 12 heavy (non-hydrogen) atoms. The van der Waals surface area contributed by atoms with Gasteiger partial charge in [-0.2, -0.15) is 0 Å². The largest absolute Gasteiger partial charge is 0.388 e. The molecule has 0 aliphatic rings. The van der Waals surface area contributed by atoms with Crippen molar-refractivity contribution in [3.05, 3.63) is 12.2 Å². The van der Waals surface area contributed by atoms with Crippen molar-refractivity contribution >= 4 is 0 Å². The third kappa shape index (κ3) is 5.29. The van der Waals surface area contributed by atoms with Gasteiger partial charge in [0.25, 0.3) is 0 Å². The minimum atomic E-state index is -0.607. The number of aliphatic hydroxyl groups excluding tert-OH is 1. The summed E-state index contributed by atoms with van der Waals surface area (Å²) in [6, 6.07) is 0. The number of rotatable bonds is 6. The van der Waals surface area contributed by atoms with Crippen molar-refractivity contribution in [2.75, 3.05) is 13.2 Å². The minimum absolute atomic E-state index is 0.426. The van der Waals surface area contributed by atoms with E-state index in [1.807, 2.05) is 13.8 Å². The van der Waals surface area contributed by atoms with Crippen LogP contribution in [0.25, 0.3) is 0 Å². The lowest BCUT2D eigenvalue weighted by molar-refractivity contribution is -0.182. The van der Waals surface area contributed by atoms with Crippen LogP contribution in [0.5, 0.6) is 0 Å². The molecule has 0 amide bonds. The van der Waals surface area contributed by atoms with E-state index in [4.69, 9.17) is 9.47 Å². The van der Waals surface area contributed by atoms with Crippen molar-refractivity contribution in [3.8, 4) is 0 Å².